The van der Waals surface area contributed by atoms with Gasteiger partial charge in [0.1, 0.15) is 11.5 Å². The number of hydrogen-bond acceptors (Lipinski definition) is 4. The third-order valence-corrected chi connectivity index (χ3v) is 4.45. The zero-order chi connectivity index (χ0) is 17.4. The third kappa shape index (κ3) is 2.96. The minimum absolute atomic E-state index is 0.854. The average Bonchev–Trinajstić information content (AvgIpc) is 3.20. The monoisotopic (exact) mass is 334 g/mol. The molecule has 0 fully saturated rings. The average molecular weight is 334 g/mol. The van der Waals surface area contributed by atoms with Crippen molar-refractivity contribution in [2.75, 3.05) is 32.5 Å². The summed E-state index contributed by atoms with van der Waals surface area (Å²) in [5.74, 6) is 0.887. The van der Waals surface area contributed by atoms with Gasteiger partial charge in [-0.2, -0.15) is 5.10 Å². The Hall–Kier alpha value is -2.86. The summed E-state index contributed by atoms with van der Waals surface area (Å²) in [6, 6.07) is 10.7. The number of rotatable bonds is 5. The molecule has 0 saturated heterocycles. The predicted octanol–water partition coefficient (Wildman–Crippen LogP) is 3.09. The molecule has 0 amide bonds. The maximum Gasteiger partial charge on any atom is 0.140 e. The van der Waals surface area contributed by atoms with Gasteiger partial charge in [0.25, 0.3) is 0 Å². The van der Waals surface area contributed by atoms with Gasteiger partial charge in [0.05, 0.1) is 11.7 Å². The van der Waals surface area contributed by atoms with Crippen LogP contribution in [0, 0.1) is 0 Å². The van der Waals surface area contributed by atoms with Crippen LogP contribution in [0.1, 0.15) is 0 Å². The molecule has 0 bridgehead atoms. The zero-order valence-corrected chi connectivity index (χ0v) is 14.7. The number of fused-ring (bicyclic) bond motifs is 2. The van der Waals surface area contributed by atoms with Gasteiger partial charge in [-0.1, -0.05) is 6.07 Å². The molecule has 0 unspecified atom stereocenters. The summed E-state index contributed by atoms with van der Waals surface area (Å²) in [4.78, 5) is 10.1. The van der Waals surface area contributed by atoms with Crippen LogP contribution in [0.3, 0.4) is 0 Å². The molecule has 2 N–H and O–H groups in total. The van der Waals surface area contributed by atoms with Gasteiger partial charge in [0.2, 0.25) is 0 Å². The summed E-state index contributed by atoms with van der Waals surface area (Å²) in [5, 5.41) is 10.0. The lowest BCUT2D eigenvalue weighted by Crippen LogP contribution is -2.21. The Bertz CT molecular complexity index is 1030. The first kappa shape index (κ1) is 15.7. The second kappa shape index (κ2) is 6.22. The smallest absolute Gasteiger partial charge is 0.140 e. The van der Waals surface area contributed by atoms with Crippen LogP contribution in [0.15, 0.2) is 42.7 Å². The molecule has 0 saturated carbocycles. The van der Waals surface area contributed by atoms with Gasteiger partial charge in [0.15, 0.2) is 0 Å². The largest absolute Gasteiger partial charge is 0.369 e. The highest BCUT2D eigenvalue weighted by atomic mass is 15.2. The molecule has 4 rings (SSSR count). The minimum atomic E-state index is 0.854. The summed E-state index contributed by atoms with van der Waals surface area (Å²) in [6.45, 7) is 1.81. The van der Waals surface area contributed by atoms with Crippen LogP contribution in [0.4, 0.5) is 5.82 Å². The summed E-state index contributed by atoms with van der Waals surface area (Å²) in [6.07, 6.45) is 3.85. The maximum atomic E-state index is 4.68. The highest BCUT2D eigenvalue weighted by Gasteiger charge is 2.10. The SMILES string of the molecule is CN(C)CCNc1cc(-c2ccc3c(cnn3C)c2)c2cc[nH]c2n1. The Kier molecular flexibility index (Phi) is 3.89. The van der Waals surface area contributed by atoms with E-state index in [4.69, 9.17) is 0 Å². The normalized spacial score (nSPS) is 11.7. The van der Waals surface area contributed by atoms with Crippen molar-refractivity contribution in [3.63, 3.8) is 0 Å². The molecule has 128 valence electrons. The van der Waals surface area contributed by atoms with Crippen LogP contribution >= 0.6 is 0 Å². The number of anilines is 1. The molecule has 3 heterocycles. The van der Waals surface area contributed by atoms with Crippen molar-refractivity contribution >= 4 is 27.8 Å². The molecule has 3 aromatic heterocycles. The Labute approximate surface area is 146 Å². The molecule has 4 aromatic rings. The second-order valence-electron chi connectivity index (χ2n) is 6.57. The van der Waals surface area contributed by atoms with Crippen molar-refractivity contribution in [2.24, 2.45) is 7.05 Å². The lowest BCUT2D eigenvalue weighted by Gasteiger charge is -2.12. The molecule has 6 heteroatoms. The zero-order valence-electron chi connectivity index (χ0n) is 14.7. The first-order chi connectivity index (χ1) is 12.1. The van der Waals surface area contributed by atoms with E-state index in [2.05, 4.69) is 69.7 Å². The van der Waals surface area contributed by atoms with Crippen molar-refractivity contribution in [2.45, 2.75) is 0 Å². The maximum absolute atomic E-state index is 4.68. The Morgan fingerprint density at radius 3 is 2.92 bits per heavy atom. The van der Waals surface area contributed by atoms with Crippen LogP contribution in [-0.4, -0.2) is 51.8 Å². The van der Waals surface area contributed by atoms with Gasteiger partial charge in [0, 0.05) is 37.1 Å². The fourth-order valence-electron chi connectivity index (χ4n) is 3.11. The van der Waals surface area contributed by atoms with Crippen molar-refractivity contribution < 1.29 is 0 Å². The van der Waals surface area contributed by atoms with E-state index in [1.807, 2.05) is 24.1 Å². The van der Waals surface area contributed by atoms with Crippen LogP contribution in [0.25, 0.3) is 33.1 Å². The van der Waals surface area contributed by atoms with Crippen LogP contribution < -0.4 is 5.32 Å². The first-order valence-corrected chi connectivity index (χ1v) is 8.41. The molecular formula is C19H22N6. The van der Waals surface area contributed by atoms with E-state index >= 15 is 0 Å². The van der Waals surface area contributed by atoms with Crippen LogP contribution in [0.5, 0.6) is 0 Å². The van der Waals surface area contributed by atoms with E-state index < -0.39 is 0 Å². The Balaban J connectivity index is 1.77. The van der Waals surface area contributed by atoms with Gasteiger partial charge in [-0.25, -0.2) is 4.98 Å². The quantitative estimate of drug-likeness (QED) is 0.589. The topological polar surface area (TPSA) is 61.8 Å². The number of aromatic amines is 1. The molecule has 0 aliphatic carbocycles. The molecule has 0 radical (unpaired) electrons. The second-order valence-corrected chi connectivity index (χ2v) is 6.57. The van der Waals surface area contributed by atoms with Gasteiger partial charge in [-0.05, 0) is 49.5 Å². The number of pyridine rings is 1. The fraction of sp³-hybridized carbons (Fsp3) is 0.263. The molecular weight excluding hydrogens is 312 g/mol. The van der Waals surface area contributed by atoms with E-state index in [0.29, 0.717) is 0 Å². The summed E-state index contributed by atoms with van der Waals surface area (Å²) >= 11 is 0. The van der Waals surface area contributed by atoms with E-state index in [9.17, 15) is 0 Å². The number of benzene rings is 1. The molecule has 6 nitrogen and oxygen atoms in total. The summed E-state index contributed by atoms with van der Waals surface area (Å²) in [7, 11) is 6.10. The molecule has 0 aliphatic rings. The summed E-state index contributed by atoms with van der Waals surface area (Å²) < 4.78 is 1.89. The first-order valence-electron chi connectivity index (χ1n) is 8.41. The number of aromatic nitrogens is 4. The Morgan fingerprint density at radius 1 is 1.20 bits per heavy atom. The number of nitrogens with one attached hydrogen (secondary N) is 2. The third-order valence-electron chi connectivity index (χ3n) is 4.45. The number of likely N-dealkylation sites (N-methyl/N-ethyl adjacent to an activating group) is 1. The fourth-order valence-corrected chi connectivity index (χ4v) is 3.11. The molecule has 25 heavy (non-hydrogen) atoms. The lowest BCUT2D eigenvalue weighted by atomic mass is 10.0. The molecule has 0 spiro atoms. The number of H-pyrrole nitrogens is 1. The van der Waals surface area contributed by atoms with Gasteiger partial charge in [-0.15, -0.1) is 0 Å². The number of hydrogen-bond donors (Lipinski definition) is 2. The van der Waals surface area contributed by atoms with Gasteiger partial charge in [-0.3, -0.25) is 4.68 Å². The molecule has 0 aliphatic heterocycles. The molecule has 1 aromatic carbocycles. The Morgan fingerprint density at radius 2 is 2.08 bits per heavy atom. The van der Waals surface area contributed by atoms with Crippen molar-refractivity contribution in [3.05, 3.63) is 42.7 Å². The standard InChI is InChI=1S/C19H22N6/c1-24(2)9-8-20-18-11-16(15-6-7-21-19(15)23-18)13-4-5-17-14(10-13)12-22-25(17)3/h4-7,10-12H,8-9H2,1-3H3,(H2,20,21,23). The predicted molar refractivity (Wildman–Crippen MR) is 103 cm³/mol. The number of nitrogens with zero attached hydrogens (tertiary/aromatic N) is 4. The van der Waals surface area contributed by atoms with Gasteiger partial charge < -0.3 is 15.2 Å². The van der Waals surface area contributed by atoms with E-state index in [1.165, 1.54) is 11.1 Å². The van der Waals surface area contributed by atoms with Crippen LogP contribution in [0.2, 0.25) is 0 Å². The highest BCUT2D eigenvalue weighted by molar-refractivity contribution is 5.97. The molecule has 0 atom stereocenters. The highest BCUT2D eigenvalue weighted by Crippen LogP contribution is 2.31. The van der Waals surface area contributed by atoms with Crippen molar-refractivity contribution in [1.82, 2.24) is 24.6 Å². The minimum Gasteiger partial charge on any atom is -0.369 e. The van der Waals surface area contributed by atoms with E-state index in [-0.39, 0.29) is 0 Å². The van der Waals surface area contributed by atoms with E-state index in [0.717, 1.165) is 40.8 Å². The van der Waals surface area contributed by atoms with Gasteiger partial charge >= 0.3 is 0 Å². The van der Waals surface area contributed by atoms with Crippen LogP contribution in [-0.2, 0) is 7.05 Å². The summed E-state index contributed by atoms with van der Waals surface area (Å²) in [5.41, 5.74) is 4.37. The lowest BCUT2D eigenvalue weighted by molar-refractivity contribution is 0.425. The van der Waals surface area contributed by atoms with E-state index in [1.54, 1.807) is 0 Å². The van der Waals surface area contributed by atoms with Crippen molar-refractivity contribution in [1.29, 1.82) is 0 Å². The number of aryl methyl sites for hydroxylation is 1. The van der Waals surface area contributed by atoms with Crippen molar-refractivity contribution in [3.8, 4) is 11.1 Å².